The van der Waals surface area contributed by atoms with Crippen molar-refractivity contribution in [2.45, 2.75) is 258 Å². The van der Waals surface area contributed by atoms with E-state index in [1.54, 1.807) is 7.11 Å². The van der Waals surface area contributed by atoms with Gasteiger partial charge in [0.05, 0.1) is 0 Å². The Morgan fingerprint density at radius 2 is 0.571 bits per heavy atom. The molecule has 0 aliphatic carbocycles. The van der Waals surface area contributed by atoms with Gasteiger partial charge in [-0.25, -0.2) is 0 Å². The zero-order chi connectivity index (χ0) is 35.9. The largest absolute Gasteiger partial charge is 0.635 e. The fraction of sp³-hybridized carbons (Fsp3) is 0.953. The van der Waals surface area contributed by atoms with Crippen LogP contribution in [0.3, 0.4) is 0 Å². The van der Waals surface area contributed by atoms with E-state index in [1.165, 1.54) is 167 Å². The second-order valence-corrected chi connectivity index (χ2v) is 17.7. The first-order valence-corrected chi connectivity index (χ1v) is 24.0. The van der Waals surface area contributed by atoms with E-state index in [2.05, 4.69) is 20.8 Å². The molecule has 0 spiro atoms. The van der Waals surface area contributed by atoms with Crippen molar-refractivity contribution in [2.75, 3.05) is 7.11 Å². The van der Waals surface area contributed by atoms with Crippen LogP contribution in [0.2, 0.25) is 6.04 Å². The Bertz CT molecular complexity index is 652. The second kappa shape index (κ2) is 38.4. The van der Waals surface area contributed by atoms with E-state index >= 15 is 0 Å². The van der Waals surface area contributed by atoms with Gasteiger partial charge in [-0.05, 0) is 19.3 Å². The summed E-state index contributed by atoms with van der Waals surface area (Å²) in [6, 6.07) is 0.526. The lowest BCUT2D eigenvalue weighted by Crippen LogP contribution is -2.48. The number of hydrogen-bond donors (Lipinski definition) is 0. The second-order valence-electron chi connectivity index (χ2n) is 15.0. The third-order valence-corrected chi connectivity index (χ3v) is 12.8. The van der Waals surface area contributed by atoms with Gasteiger partial charge in [-0.2, -0.15) is 0 Å². The van der Waals surface area contributed by atoms with E-state index < -0.39 is 8.80 Å². The molecule has 0 N–H and O–H groups in total. The van der Waals surface area contributed by atoms with Crippen molar-refractivity contribution in [3.05, 3.63) is 0 Å². The highest BCUT2D eigenvalue weighted by Gasteiger charge is 2.47. The first-order valence-electron chi connectivity index (χ1n) is 22.0. The molecule has 0 heterocycles. The average molecular weight is 711 g/mol. The first kappa shape index (κ1) is 48.1. The van der Waals surface area contributed by atoms with E-state index in [0.29, 0.717) is 18.9 Å². The summed E-state index contributed by atoms with van der Waals surface area (Å²) in [5.74, 6) is -0.531. The smallest absolute Gasteiger partial charge is 0.464 e. The molecular weight excluding hydrogens is 625 g/mol. The highest BCUT2D eigenvalue weighted by molar-refractivity contribution is 6.64. The van der Waals surface area contributed by atoms with E-state index in [9.17, 15) is 9.59 Å². The van der Waals surface area contributed by atoms with Crippen LogP contribution in [0.1, 0.15) is 252 Å². The maximum absolute atomic E-state index is 12.9. The molecule has 0 saturated heterocycles. The molecule has 0 amide bonds. The van der Waals surface area contributed by atoms with Gasteiger partial charge in [0, 0.05) is 26.0 Å². The SMILES string of the molecule is CCCCCCCCCCCCCCCCCC(=O)O[Si](CCCCCC)(OC)OC(=O)CCCCCCCCCCCCCCCCC. The van der Waals surface area contributed by atoms with Crippen LogP contribution in [0.15, 0.2) is 0 Å². The third kappa shape index (κ3) is 34.0. The number of rotatable bonds is 40. The normalized spacial score (nSPS) is 11.7. The molecule has 0 aliphatic heterocycles. The molecule has 5 nitrogen and oxygen atoms in total. The van der Waals surface area contributed by atoms with Crippen molar-refractivity contribution in [1.29, 1.82) is 0 Å². The zero-order valence-electron chi connectivity index (χ0n) is 33.7. The first-order chi connectivity index (χ1) is 24.0. The van der Waals surface area contributed by atoms with Crippen LogP contribution in [-0.2, 0) is 22.9 Å². The molecule has 0 atom stereocenters. The minimum Gasteiger partial charge on any atom is -0.464 e. The zero-order valence-corrected chi connectivity index (χ0v) is 34.7. The van der Waals surface area contributed by atoms with Crippen molar-refractivity contribution in [3.63, 3.8) is 0 Å². The Morgan fingerprint density at radius 1 is 0.347 bits per heavy atom. The van der Waals surface area contributed by atoms with E-state index in [0.717, 1.165) is 51.4 Å². The van der Waals surface area contributed by atoms with Crippen LogP contribution in [-0.4, -0.2) is 27.9 Å². The summed E-state index contributed by atoms with van der Waals surface area (Å²) in [4.78, 5) is 25.7. The molecule has 0 saturated carbocycles. The summed E-state index contributed by atoms with van der Waals surface area (Å²) in [6.45, 7) is 6.73. The predicted molar refractivity (Wildman–Crippen MR) is 213 cm³/mol. The molecule has 0 fully saturated rings. The average Bonchev–Trinajstić information content (AvgIpc) is 3.10. The molecule has 6 heteroatoms. The van der Waals surface area contributed by atoms with Crippen molar-refractivity contribution >= 4 is 20.7 Å². The Hall–Kier alpha value is -0.883. The van der Waals surface area contributed by atoms with Gasteiger partial charge in [0.1, 0.15) is 0 Å². The molecule has 0 aliphatic rings. The monoisotopic (exact) mass is 711 g/mol. The van der Waals surface area contributed by atoms with Crippen molar-refractivity contribution in [1.82, 2.24) is 0 Å². The van der Waals surface area contributed by atoms with E-state index in [4.69, 9.17) is 13.3 Å². The summed E-state index contributed by atoms with van der Waals surface area (Å²) < 4.78 is 17.6. The Labute approximate surface area is 307 Å². The predicted octanol–water partition coefficient (Wildman–Crippen LogP) is 14.8. The van der Waals surface area contributed by atoms with E-state index in [-0.39, 0.29) is 11.9 Å². The summed E-state index contributed by atoms with van der Waals surface area (Å²) in [5, 5.41) is 0. The molecule has 0 rings (SSSR count). The number of carbonyl (C=O) groups is 2. The number of hydrogen-bond acceptors (Lipinski definition) is 5. The minimum absolute atomic E-state index is 0.265. The standard InChI is InChI=1S/C43H86O5Si/c1-5-8-11-14-16-18-20-22-24-26-28-30-32-34-36-39-42(44)47-49(46-4,41-38-13-10-7-3)48-43(45)40-37-35-33-31-29-27-25-23-21-19-17-15-12-9-6-2/h5-41H2,1-4H3. The lowest BCUT2D eigenvalue weighted by atomic mass is 10.0. The topological polar surface area (TPSA) is 61.8 Å². The van der Waals surface area contributed by atoms with Crippen LogP contribution in [0, 0.1) is 0 Å². The number of carbonyl (C=O) groups excluding carboxylic acids is 2. The van der Waals surface area contributed by atoms with Gasteiger partial charge in [-0.15, -0.1) is 0 Å². The minimum atomic E-state index is -3.36. The summed E-state index contributed by atoms with van der Waals surface area (Å²) in [5.41, 5.74) is 0. The van der Waals surface area contributed by atoms with Crippen LogP contribution < -0.4 is 0 Å². The summed E-state index contributed by atoms with van der Waals surface area (Å²) in [7, 11) is -1.81. The van der Waals surface area contributed by atoms with Crippen molar-refractivity contribution in [2.24, 2.45) is 0 Å². The van der Waals surface area contributed by atoms with Gasteiger partial charge < -0.3 is 13.3 Å². The van der Waals surface area contributed by atoms with E-state index in [1.807, 2.05) is 0 Å². The molecule has 292 valence electrons. The van der Waals surface area contributed by atoms with Crippen LogP contribution >= 0.6 is 0 Å². The molecule has 0 bridgehead atoms. The fourth-order valence-electron chi connectivity index (χ4n) is 6.81. The Morgan fingerprint density at radius 3 is 0.816 bits per heavy atom. The van der Waals surface area contributed by atoms with Crippen LogP contribution in [0.25, 0.3) is 0 Å². The molecule has 0 aromatic heterocycles. The van der Waals surface area contributed by atoms with Crippen molar-refractivity contribution in [3.8, 4) is 0 Å². The van der Waals surface area contributed by atoms with Gasteiger partial charge in [0.15, 0.2) is 0 Å². The lowest BCUT2D eigenvalue weighted by molar-refractivity contribution is -0.145. The molecule has 0 aromatic rings. The maximum Gasteiger partial charge on any atom is 0.635 e. The maximum atomic E-state index is 12.9. The highest BCUT2D eigenvalue weighted by Crippen LogP contribution is 2.23. The quantitative estimate of drug-likeness (QED) is 0.0468. The fourth-order valence-corrected chi connectivity index (χ4v) is 9.00. The van der Waals surface area contributed by atoms with Gasteiger partial charge in [-0.1, -0.05) is 220 Å². The Balaban J connectivity index is 4.12. The molecule has 0 radical (unpaired) electrons. The van der Waals surface area contributed by atoms with Crippen LogP contribution in [0.4, 0.5) is 0 Å². The summed E-state index contributed by atoms with van der Waals surface area (Å²) in [6.07, 6.45) is 43.8. The van der Waals surface area contributed by atoms with Gasteiger partial charge in [0.2, 0.25) is 0 Å². The van der Waals surface area contributed by atoms with Gasteiger partial charge >= 0.3 is 8.80 Å². The van der Waals surface area contributed by atoms with Crippen molar-refractivity contribution < 1.29 is 22.9 Å². The third-order valence-electron chi connectivity index (χ3n) is 10.2. The van der Waals surface area contributed by atoms with Gasteiger partial charge in [0.25, 0.3) is 11.9 Å². The molecule has 0 unspecified atom stereocenters. The Kier molecular flexibility index (Phi) is 37.7. The molecular formula is C43H86O5Si. The van der Waals surface area contributed by atoms with Gasteiger partial charge in [-0.3, -0.25) is 9.59 Å². The summed E-state index contributed by atoms with van der Waals surface area (Å²) >= 11 is 0. The number of unbranched alkanes of at least 4 members (excludes halogenated alkanes) is 31. The lowest BCUT2D eigenvalue weighted by Gasteiger charge is -2.27. The molecule has 49 heavy (non-hydrogen) atoms. The van der Waals surface area contributed by atoms with Crippen LogP contribution in [0.5, 0.6) is 0 Å². The molecule has 0 aromatic carbocycles. The highest BCUT2D eigenvalue weighted by atomic mass is 28.4.